The summed E-state index contributed by atoms with van der Waals surface area (Å²) in [6.45, 7) is 8.28. The molecule has 16 heavy (non-hydrogen) atoms. The van der Waals surface area contributed by atoms with Gasteiger partial charge in [-0.05, 0) is 24.8 Å². The van der Waals surface area contributed by atoms with Gasteiger partial charge in [0.05, 0.1) is 6.04 Å². The van der Waals surface area contributed by atoms with E-state index in [2.05, 4.69) is 26.1 Å². The van der Waals surface area contributed by atoms with Crippen molar-refractivity contribution in [3.8, 4) is 0 Å². The molecule has 1 atom stereocenters. The van der Waals surface area contributed by atoms with Crippen LogP contribution in [0.4, 0.5) is 0 Å². The lowest BCUT2D eigenvalue weighted by Gasteiger charge is -2.31. The van der Waals surface area contributed by atoms with Gasteiger partial charge in [-0.15, -0.1) is 12.4 Å². The normalized spacial score (nSPS) is 21.1. The van der Waals surface area contributed by atoms with Gasteiger partial charge >= 0.3 is 0 Å². The van der Waals surface area contributed by atoms with E-state index < -0.39 is 0 Å². The molecule has 0 spiro atoms. The number of rotatable bonds is 2. The first-order valence-electron chi connectivity index (χ1n) is 5.88. The first-order valence-corrected chi connectivity index (χ1v) is 5.88. The summed E-state index contributed by atoms with van der Waals surface area (Å²) in [5.74, 6) is 0.254. The number of likely N-dealkylation sites (N-methyl/N-ethyl adjacent to an activating group) is 1. The lowest BCUT2D eigenvalue weighted by Crippen LogP contribution is -2.48. The van der Waals surface area contributed by atoms with Crippen LogP contribution < -0.4 is 5.32 Å². The van der Waals surface area contributed by atoms with Gasteiger partial charge in [0.2, 0.25) is 5.91 Å². The highest BCUT2D eigenvalue weighted by atomic mass is 35.5. The average Bonchev–Trinajstić information content (AvgIpc) is 2.15. The molecule has 96 valence electrons. The van der Waals surface area contributed by atoms with Crippen LogP contribution in [0, 0.1) is 5.41 Å². The molecule has 0 saturated carbocycles. The number of nitrogens with one attached hydrogen (secondary N) is 1. The van der Waals surface area contributed by atoms with Crippen molar-refractivity contribution in [2.24, 2.45) is 5.41 Å². The second-order valence-corrected chi connectivity index (χ2v) is 5.76. The number of nitrogens with zero attached hydrogens (tertiary/aromatic N) is 1. The zero-order chi connectivity index (χ0) is 11.5. The van der Waals surface area contributed by atoms with Gasteiger partial charge in [-0.3, -0.25) is 4.79 Å². The predicted molar refractivity (Wildman–Crippen MR) is 70.0 cm³/mol. The smallest absolute Gasteiger partial charge is 0.239 e. The summed E-state index contributed by atoms with van der Waals surface area (Å²) in [4.78, 5) is 13.9. The first-order chi connectivity index (χ1) is 6.90. The van der Waals surface area contributed by atoms with Gasteiger partial charge in [-0.2, -0.15) is 0 Å². The minimum atomic E-state index is 0. The zero-order valence-electron chi connectivity index (χ0n) is 10.9. The minimum absolute atomic E-state index is 0. The Labute approximate surface area is 105 Å². The maximum atomic E-state index is 12.0. The van der Waals surface area contributed by atoms with E-state index >= 15 is 0 Å². The van der Waals surface area contributed by atoms with Crippen LogP contribution in [0.15, 0.2) is 0 Å². The van der Waals surface area contributed by atoms with E-state index in [0.29, 0.717) is 0 Å². The van der Waals surface area contributed by atoms with Crippen LogP contribution in [-0.2, 0) is 4.79 Å². The number of halogens is 1. The fraction of sp³-hybridized carbons (Fsp3) is 0.917. The Kier molecular flexibility index (Phi) is 6.34. The SMILES string of the molecule is CN(CC(C)(C)C)C(=O)C1CCCCN1.Cl. The molecule has 1 N–H and O–H groups in total. The molecule has 1 amide bonds. The number of hydrogen-bond acceptors (Lipinski definition) is 2. The number of hydrogen-bond donors (Lipinski definition) is 1. The lowest BCUT2D eigenvalue weighted by atomic mass is 9.95. The van der Waals surface area contributed by atoms with Crippen LogP contribution >= 0.6 is 12.4 Å². The number of carbonyl (C=O) groups is 1. The number of piperidine rings is 1. The molecule has 1 rings (SSSR count). The van der Waals surface area contributed by atoms with Crippen molar-refractivity contribution in [3.63, 3.8) is 0 Å². The molecule has 1 unspecified atom stereocenters. The largest absolute Gasteiger partial charge is 0.344 e. The monoisotopic (exact) mass is 248 g/mol. The highest BCUT2D eigenvalue weighted by Crippen LogP contribution is 2.16. The van der Waals surface area contributed by atoms with E-state index in [0.717, 1.165) is 19.5 Å². The predicted octanol–water partition coefficient (Wildman–Crippen LogP) is 2.05. The van der Waals surface area contributed by atoms with Gasteiger partial charge in [-0.25, -0.2) is 0 Å². The molecule has 0 aromatic carbocycles. The molecule has 1 heterocycles. The van der Waals surface area contributed by atoms with Gasteiger partial charge < -0.3 is 10.2 Å². The van der Waals surface area contributed by atoms with E-state index in [9.17, 15) is 4.79 Å². The number of amides is 1. The Morgan fingerprint density at radius 3 is 2.44 bits per heavy atom. The quantitative estimate of drug-likeness (QED) is 0.811. The van der Waals surface area contributed by atoms with Crippen molar-refractivity contribution in [3.05, 3.63) is 0 Å². The Balaban J connectivity index is 0.00000225. The summed E-state index contributed by atoms with van der Waals surface area (Å²) in [5, 5.41) is 3.29. The topological polar surface area (TPSA) is 32.3 Å². The molecular weight excluding hydrogens is 224 g/mol. The van der Waals surface area contributed by atoms with Gasteiger partial charge in [0.1, 0.15) is 0 Å². The molecular formula is C12H25ClN2O. The second-order valence-electron chi connectivity index (χ2n) is 5.76. The molecule has 1 aliphatic rings. The van der Waals surface area contributed by atoms with Crippen LogP contribution in [-0.4, -0.2) is 37.0 Å². The molecule has 0 radical (unpaired) electrons. The highest BCUT2D eigenvalue weighted by molar-refractivity contribution is 5.85. The minimum Gasteiger partial charge on any atom is -0.344 e. The van der Waals surface area contributed by atoms with Crippen LogP contribution in [0.2, 0.25) is 0 Å². The van der Waals surface area contributed by atoms with Crippen LogP contribution in [0.5, 0.6) is 0 Å². The van der Waals surface area contributed by atoms with Crippen LogP contribution in [0.25, 0.3) is 0 Å². The maximum Gasteiger partial charge on any atom is 0.239 e. The van der Waals surface area contributed by atoms with Gasteiger partial charge in [0, 0.05) is 13.6 Å². The van der Waals surface area contributed by atoms with Gasteiger partial charge in [-0.1, -0.05) is 27.2 Å². The van der Waals surface area contributed by atoms with Crippen molar-refractivity contribution in [1.29, 1.82) is 0 Å². The molecule has 3 nitrogen and oxygen atoms in total. The fourth-order valence-electron chi connectivity index (χ4n) is 2.12. The van der Waals surface area contributed by atoms with Gasteiger partial charge in [0.15, 0.2) is 0 Å². The molecule has 1 saturated heterocycles. The molecule has 0 bridgehead atoms. The zero-order valence-corrected chi connectivity index (χ0v) is 11.7. The summed E-state index contributed by atoms with van der Waals surface area (Å²) in [6, 6.07) is 0.0612. The third-order valence-electron chi connectivity index (χ3n) is 2.70. The van der Waals surface area contributed by atoms with Crippen molar-refractivity contribution in [1.82, 2.24) is 10.2 Å². The van der Waals surface area contributed by atoms with E-state index in [1.807, 2.05) is 11.9 Å². The van der Waals surface area contributed by atoms with E-state index in [1.165, 1.54) is 12.8 Å². The molecule has 1 aliphatic heterocycles. The highest BCUT2D eigenvalue weighted by Gasteiger charge is 2.25. The number of carbonyl (C=O) groups excluding carboxylic acids is 1. The summed E-state index contributed by atoms with van der Waals surface area (Å²) >= 11 is 0. The molecule has 0 aromatic heterocycles. The average molecular weight is 249 g/mol. The second kappa shape index (κ2) is 6.45. The first kappa shape index (κ1) is 15.7. The van der Waals surface area contributed by atoms with Crippen molar-refractivity contribution in [2.75, 3.05) is 20.1 Å². The summed E-state index contributed by atoms with van der Waals surface area (Å²) < 4.78 is 0. The Morgan fingerprint density at radius 2 is 2.00 bits per heavy atom. The Bertz CT molecular complexity index is 220. The van der Waals surface area contributed by atoms with E-state index in [4.69, 9.17) is 0 Å². The molecule has 1 fully saturated rings. The molecule has 0 aliphatic carbocycles. The molecule has 4 heteroatoms. The third kappa shape index (κ3) is 5.17. The Morgan fingerprint density at radius 1 is 1.38 bits per heavy atom. The Hall–Kier alpha value is -0.280. The van der Waals surface area contributed by atoms with Gasteiger partial charge in [0.25, 0.3) is 0 Å². The maximum absolute atomic E-state index is 12.0. The fourth-order valence-corrected chi connectivity index (χ4v) is 2.12. The van der Waals surface area contributed by atoms with E-state index in [1.54, 1.807) is 0 Å². The summed E-state index contributed by atoms with van der Waals surface area (Å²) in [7, 11) is 1.91. The van der Waals surface area contributed by atoms with Crippen molar-refractivity contribution < 1.29 is 4.79 Å². The van der Waals surface area contributed by atoms with E-state index in [-0.39, 0.29) is 29.8 Å². The summed E-state index contributed by atoms with van der Waals surface area (Å²) in [5.41, 5.74) is 0.180. The third-order valence-corrected chi connectivity index (χ3v) is 2.70. The lowest BCUT2D eigenvalue weighted by molar-refractivity contribution is -0.133. The molecule has 0 aromatic rings. The standard InChI is InChI=1S/C12H24N2O.ClH/c1-12(2,3)9-14(4)11(15)10-7-5-6-8-13-10;/h10,13H,5-9H2,1-4H3;1H. The van der Waals surface area contributed by atoms with Crippen LogP contribution in [0.3, 0.4) is 0 Å². The van der Waals surface area contributed by atoms with Crippen molar-refractivity contribution >= 4 is 18.3 Å². The summed E-state index contributed by atoms with van der Waals surface area (Å²) in [6.07, 6.45) is 3.37. The van der Waals surface area contributed by atoms with Crippen LogP contribution in [0.1, 0.15) is 40.0 Å². The van der Waals surface area contributed by atoms with Crippen molar-refractivity contribution in [2.45, 2.75) is 46.1 Å².